The lowest BCUT2D eigenvalue weighted by atomic mass is 9.86. The Bertz CT molecular complexity index is 1340. The molecule has 7 N–H and O–H groups in total. The van der Waals surface area contributed by atoms with Crippen molar-refractivity contribution in [3.63, 3.8) is 0 Å². The van der Waals surface area contributed by atoms with E-state index in [-0.39, 0.29) is 36.0 Å². The van der Waals surface area contributed by atoms with Gasteiger partial charge in [-0.25, -0.2) is 0 Å². The summed E-state index contributed by atoms with van der Waals surface area (Å²) in [5.41, 5.74) is 7.09. The molecule has 0 spiro atoms. The largest absolute Gasteiger partial charge is 0.373 e. The van der Waals surface area contributed by atoms with E-state index in [0.717, 1.165) is 56.9 Å². The van der Waals surface area contributed by atoms with E-state index in [1.165, 1.54) is 35.1 Å². The molecular formula is C35H52N8O2. The summed E-state index contributed by atoms with van der Waals surface area (Å²) in [6.07, 6.45) is 6.45. The second kappa shape index (κ2) is 14.5. The van der Waals surface area contributed by atoms with E-state index in [9.17, 15) is 9.59 Å². The van der Waals surface area contributed by atoms with Gasteiger partial charge in [0.1, 0.15) is 12.1 Å². The van der Waals surface area contributed by atoms with Gasteiger partial charge in [-0.3, -0.25) is 14.9 Å². The van der Waals surface area contributed by atoms with E-state index in [2.05, 4.69) is 99.5 Å². The minimum atomic E-state index is -0.265. The van der Waals surface area contributed by atoms with Gasteiger partial charge in [0.25, 0.3) is 0 Å². The van der Waals surface area contributed by atoms with Crippen LogP contribution in [-0.4, -0.2) is 93.9 Å². The molecule has 2 fully saturated rings. The molecule has 0 radical (unpaired) electrons. The topological polar surface area (TPSA) is 122 Å². The molecule has 2 saturated heterocycles. The van der Waals surface area contributed by atoms with E-state index >= 15 is 0 Å². The Hall–Kier alpha value is -3.18. The van der Waals surface area contributed by atoms with Crippen LogP contribution in [0.15, 0.2) is 36.4 Å². The molecule has 0 bridgehead atoms. The van der Waals surface area contributed by atoms with Crippen LogP contribution in [0.3, 0.4) is 0 Å². The molecule has 2 aromatic carbocycles. The van der Waals surface area contributed by atoms with Crippen molar-refractivity contribution in [2.24, 2.45) is 5.92 Å². The zero-order chi connectivity index (χ0) is 31.3. The number of carbonyl (C=O) groups excluding carboxylic acids is 2. The van der Waals surface area contributed by atoms with E-state index in [4.69, 9.17) is 0 Å². The summed E-state index contributed by atoms with van der Waals surface area (Å²) in [7, 11) is 4.19. The molecule has 6 rings (SSSR count). The van der Waals surface area contributed by atoms with Gasteiger partial charge in [-0.15, -0.1) is 0 Å². The summed E-state index contributed by atoms with van der Waals surface area (Å²) in [6.45, 7) is 6.56. The third-order valence-electron chi connectivity index (χ3n) is 10.2. The number of carbonyl (C=O) groups is 2. The first-order valence-corrected chi connectivity index (χ1v) is 17.0. The Kier molecular flexibility index (Phi) is 10.2. The summed E-state index contributed by atoms with van der Waals surface area (Å²) < 4.78 is 0. The molecule has 6 unspecified atom stereocenters. The summed E-state index contributed by atoms with van der Waals surface area (Å²) in [4.78, 5) is 28.8. The zero-order valence-corrected chi connectivity index (χ0v) is 27.2. The molecule has 0 saturated carbocycles. The fourth-order valence-electron chi connectivity index (χ4n) is 7.57. The third kappa shape index (κ3) is 7.62. The predicted octanol–water partition coefficient (Wildman–Crippen LogP) is 1.60. The summed E-state index contributed by atoms with van der Waals surface area (Å²) in [5.74, 6) is 0.685. The van der Waals surface area contributed by atoms with Crippen molar-refractivity contribution >= 4 is 23.2 Å². The van der Waals surface area contributed by atoms with Crippen LogP contribution in [0.2, 0.25) is 0 Å². The summed E-state index contributed by atoms with van der Waals surface area (Å²) in [5, 5.41) is 24.0. The molecule has 4 heterocycles. The van der Waals surface area contributed by atoms with Gasteiger partial charge in [0.15, 0.2) is 0 Å². The Labute approximate surface area is 268 Å². The monoisotopic (exact) mass is 616 g/mol. The number of fused-ring (bicyclic) bond motifs is 2. The van der Waals surface area contributed by atoms with Crippen LogP contribution >= 0.6 is 0 Å². The maximum atomic E-state index is 13.7. The standard InChI is InChI=1S/C35H52N8O2/c1-22-7-6-15-37-31(22)28(14-16-43(2)3)42-35(45)30-18-26-11-5-9-24(33(26)41-30)13-12-23-8-4-10-25-17-29(40-32(23)25)34(44)38-20-27-19-36-21-39-27/h4-5,8-11,22,27-31,36-37,39-41H,6-7,12-21H2,1-3H3,(H,38,44)(H,42,45). The van der Waals surface area contributed by atoms with Gasteiger partial charge in [0.05, 0.1) is 0 Å². The number of hydrogen-bond acceptors (Lipinski definition) is 8. The van der Waals surface area contributed by atoms with Crippen LogP contribution in [0.1, 0.15) is 48.4 Å². The van der Waals surface area contributed by atoms with Crippen LogP contribution in [0.5, 0.6) is 0 Å². The number of rotatable bonds is 12. The number of benzene rings is 2. The van der Waals surface area contributed by atoms with Crippen molar-refractivity contribution in [3.8, 4) is 0 Å². The smallest absolute Gasteiger partial charge is 0.243 e. The lowest BCUT2D eigenvalue weighted by Gasteiger charge is -2.37. The maximum Gasteiger partial charge on any atom is 0.243 e. The van der Waals surface area contributed by atoms with Gasteiger partial charge in [-0.05, 0) is 87.5 Å². The lowest BCUT2D eigenvalue weighted by molar-refractivity contribution is -0.123. The highest BCUT2D eigenvalue weighted by molar-refractivity contribution is 5.89. The van der Waals surface area contributed by atoms with Gasteiger partial charge < -0.3 is 36.8 Å². The van der Waals surface area contributed by atoms with Crippen LogP contribution in [0.4, 0.5) is 11.4 Å². The minimum Gasteiger partial charge on any atom is -0.373 e. The molecule has 4 aliphatic rings. The second-order valence-corrected chi connectivity index (χ2v) is 13.8. The van der Waals surface area contributed by atoms with Crippen molar-refractivity contribution in [2.45, 2.75) is 82.1 Å². The van der Waals surface area contributed by atoms with Gasteiger partial charge in [0, 0.05) is 62.1 Å². The van der Waals surface area contributed by atoms with E-state index in [0.29, 0.717) is 31.3 Å². The third-order valence-corrected chi connectivity index (χ3v) is 10.2. The average Bonchev–Trinajstić information content (AvgIpc) is 3.81. The number of piperidine rings is 1. The Morgan fingerprint density at radius 2 is 1.60 bits per heavy atom. The number of para-hydroxylation sites is 2. The first-order valence-electron chi connectivity index (χ1n) is 17.0. The number of amides is 2. The number of nitrogens with zero attached hydrogens (tertiary/aromatic N) is 1. The number of nitrogens with one attached hydrogen (secondary N) is 7. The second-order valence-electron chi connectivity index (χ2n) is 13.8. The van der Waals surface area contributed by atoms with Crippen LogP contribution in [0.25, 0.3) is 0 Å². The highest BCUT2D eigenvalue weighted by atomic mass is 16.2. The van der Waals surface area contributed by atoms with Crippen LogP contribution < -0.4 is 37.2 Å². The van der Waals surface area contributed by atoms with Crippen molar-refractivity contribution in [1.29, 1.82) is 0 Å². The van der Waals surface area contributed by atoms with Gasteiger partial charge in [-0.1, -0.05) is 43.3 Å². The molecule has 6 atom stereocenters. The predicted molar refractivity (Wildman–Crippen MR) is 181 cm³/mol. The highest BCUT2D eigenvalue weighted by Gasteiger charge is 2.34. The first kappa shape index (κ1) is 31.8. The molecule has 244 valence electrons. The molecule has 0 aliphatic carbocycles. The number of aryl methyl sites for hydroxylation is 2. The maximum absolute atomic E-state index is 13.7. The van der Waals surface area contributed by atoms with Crippen molar-refractivity contribution < 1.29 is 9.59 Å². The fourth-order valence-corrected chi connectivity index (χ4v) is 7.57. The van der Waals surface area contributed by atoms with E-state index in [1.807, 2.05) is 0 Å². The van der Waals surface area contributed by atoms with Gasteiger partial charge >= 0.3 is 0 Å². The van der Waals surface area contributed by atoms with Gasteiger partial charge in [0.2, 0.25) is 11.8 Å². The first-order chi connectivity index (χ1) is 21.9. The van der Waals surface area contributed by atoms with Crippen molar-refractivity contribution in [1.82, 2.24) is 31.5 Å². The molecule has 0 aromatic heterocycles. The summed E-state index contributed by atoms with van der Waals surface area (Å²) in [6, 6.07) is 13.0. The van der Waals surface area contributed by atoms with E-state index < -0.39 is 0 Å². The minimum absolute atomic E-state index is 0.0536. The summed E-state index contributed by atoms with van der Waals surface area (Å²) >= 11 is 0. The SMILES string of the molecule is CC1CCCNC1C(CCN(C)C)NC(=O)C1Cc2cccc(CCc3cccc4c3NC(C(=O)NCC3CNCN3)C4)c2N1. The highest BCUT2D eigenvalue weighted by Crippen LogP contribution is 2.34. The van der Waals surface area contributed by atoms with Gasteiger partial charge in [-0.2, -0.15) is 0 Å². The molecular weight excluding hydrogens is 564 g/mol. The number of hydrogen-bond donors (Lipinski definition) is 7. The Morgan fingerprint density at radius 1 is 0.933 bits per heavy atom. The molecule has 10 nitrogen and oxygen atoms in total. The fraction of sp³-hybridized carbons (Fsp3) is 0.600. The molecule has 45 heavy (non-hydrogen) atoms. The average molecular weight is 617 g/mol. The molecule has 2 amide bonds. The quantitative estimate of drug-likeness (QED) is 0.192. The van der Waals surface area contributed by atoms with Crippen molar-refractivity contribution in [2.75, 3.05) is 57.6 Å². The van der Waals surface area contributed by atoms with Crippen LogP contribution in [-0.2, 0) is 35.3 Å². The van der Waals surface area contributed by atoms with Crippen LogP contribution in [0, 0.1) is 5.92 Å². The molecule has 10 heteroatoms. The Balaban J connectivity index is 1.06. The molecule has 4 aliphatic heterocycles. The lowest BCUT2D eigenvalue weighted by Crippen LogP contribution is -2.57. The number of anilines is 2. The van der Waals surface area contributed by atoms with Crippen molar-refractivity contribution in [3.05, 3.63) is 58.7 Å². The normalized spacial score (nSPS) is 26.1. The molecule has 2 aromatic rings. The van der Waals surface area contributed by atoms with E-state index in [1.54, 1.807) is 0 Å². The Morgan fingerprint density at radius 3 is 2.20 bits per heavy atom. The zero-order valence-electron chi connectivity index (χ0n) is 27.2.